The molecule has 1 fully saturated rings. The van der Waals surface area contributed by atoms with E-state index in [0.717, 1.165) is 24.2 Å². The van der Waals surface area contributed by atoms with Crippen molar-refractivity contribution in [3.63, 3.8) is 0 Å². The predicted octanol–water partition coefficient (Wildman–Crippen LogP) is 3.48. The molecule has 0 amide bonds. The number of imidazole rings is 1. The Bertz CT molecular complexity index is 641. The minimum absolute atomic E-state index is 0.267. The largest absolute Gasteiger partial charge is 0.461 e. The molecule has 1 aliphatic carbocycles. The third-order valence-electron chi connectivity index (χ3n) is 3.79. The second-order valence-corrected chi connectivity index (χ2v) is 5.50. The number of aromatic nitrogens is 2. The van der Waals surface area contributed by atoms with Crippen LogP contribution in [0.3, 0.4) is 0 Å². The van der Waals surface area contributed by atoms with E-state index in [9.17, 15) is 4.79 Å². The number of rotatable bonds is 5. The number of ether oxygens (including phenoxy) is 1. The summed E-state index contributed by atoms with van der Waals surface area (Å²) in [5.41, 5.74) is 3.41. The van der Waals surface area contributed by atoms with Crippen LogP contribution in [-0.2, 0) is 4.74 Å². The molecule has 0 aliphatic heterocycles. The van der Waals surface area contributed by atoms with E-state index in [0.29, 0.717) is 18.2 Å². The molecule has 0 N–H and O–H groups in total. The zero-order valence-corrected chi connectivity index (χ0v) is 12.1. The molecule has 0 bridgehead atoms. The molecule has 0 unspecified atom stereocenters. The van der Waals surface area contributed by atoms with E-state index in [2.05, 4.69) is 18.0 Å². The molecule has 0 radical (unpaired) electrons. The summed E-state index contributed by atoms with van der Waals surface area (Å²) in [6.45, 7) is 4.42. The number of unbranched alkanes of at least 4 members (excludes halogenated alkanes) is 1. The molecule has 0 atom stereocenters. The van der Waals surface area contributed by atoms with Crippen LogP contribution in [0, 0.1) is 6.92 Å². The van der Waals surface area contributed by atoms with Gasteiger partial charge in [0, 0.05) is 6.20 Å². The zero-order chi connectivity index (χ0) is 14.1. The SMILES string of the molecule is CCCCOC(=O)c1c(C)nc2ccc(C3CC3)cn12. The van der Waals surface area contributed by atoms with Crippen LogP contribution >= 0.6 is 0 Å². The molecule has 4 nitrogen and oxygen atoms in total. The van der Waals surface area contributed by atoms with Crippen LogP contribution in [0.15, 0.2) is 18.3 Å². The van der Waals surface area contributed by atoms with E-state index in [4.69, 9.17) is 4.74 Å². The van der Waals surface area contributed by atoms with Gasteiger partial charge in [-0.25, -0.2) is 9.78 Å². The van der Waals surface area contributed by atoms with Gasteiger partial charge in [-0.1, -0.05) is 19.4 Å². The van der Waals surface area contributed by atoms with E-state index in [1.807, 2.05) is 23.6 Å². The fourth-order valence-electron chi connectivity index (χ4n) is 2.46. The molecule has 3 rings (SSSR count). The van der Waals surface area contributed by atoms with E-state index in [1.165, 1.54) is 18.4 Å². The number of aryl methyl sites for hydroxylation is 1. The Kier molecular flexibility index (Phi) is 3.47. The van der Waals surface area contributed by atoms with Crippen LogP contribution in [-0.4, -0.2) is 22.0 Å². The van der Waals surface area contributed by atoms with E-state index in [1.54, 1.807) is 0 Å². The summed E-state index contributed by atoms with van der Waals surface area (Å²) in [5.74, 6) is 0.391. The third-order valence-corrected chi connectivity index (χ3v) is 3.79. The molecular formula is C16H20N2O2. The van der Waals surface area contributed by atoms with Gasteiger partial charge in [-0.3, -0.25) is 4.40 Å². The number of nitrogens with zero attached hydrogens (tertiary/aromatic N) is 2. The Morgan fingerprint density at radius 1 is 1.45 bits per heavy atom. The second-order valence-electron chi connectivity index (χ2n) is 5.50. The minimum atomic E-state index is -0.267. The highest BCUT2D eigenvalue weighted by Gasteiger charge is 2.25. The van der Waals surface area contributed by atoms with Crippen molar-refractivity contribution in [3.8, 4) is 0 Å². The standard InChI is InChI=1S/C16H20N2O2/c1-3-4-9-20-16(19)15-11(2)17-14-8-7-13(10-18(14)15)12-5-6-12/h7-8,10,12H,3-6,9H2,1-2H3. The monoisotopic (exact) mass is 272 g/mol. The van der Waals surface area contributed by atoms with Crippen LogP contribution < -0.4 is 0 Å². The van der Waals surface area contributed by atoms with Crippen LogP contribution in [0.4, 0.5) is 0 Å². The summed E-state index contributed by atoms with van der Waals surface area (Å²) < 4.78 is 7.22. The number of carbonyl (C=O) groups is 1. The maximum Gasteiger partial charge on any atom is 0.357 e. The normalized spacial score (nSPS) is 14.7. The molecule has 2 heterocycles. The highest BCUT2D eigenvalue weighted by Crippen LogP contribution is 2.40. The highest BCUT2D eigenvalue weighted by molar-refractivity contribution is 5.90. The summed E-state index contributed by atoms with van der Waals surface area (Å²) in [7, 11) is 0. The number of hydrogen-bond donors (Lipinski definition) is 0. The maximum absolute atomic E-state index is 12.2. The fraction of sp³-hybridized carbons (Fsp3) is 0.500. The molecule has 2 aromatic heterocycles. The molecule has 2 aromatic rings. The summed E-state index contributed by atoms with van der Waals surface area (Å²) >= 11 is 0. The van der Waals surface area contributed by atoms with Crippen molar-refractivity contribution in [2.75, 3.05) is 6.61 Å². The van der Waals surface area contributed by atoms with Crippen molar-refractivity contribution in [1.29, 1.82) is 0 Å². The van der Waals surface area contributed by atoms with Crippen molar-refractivity contribution in [3.05, 3.63) is 35.3 Å². The number of esters is 1. The van der Waals surface area contributed by atoms with Gasteiger partial charge in [-0.2, -0.15) is 0 Å². The Hall–Kier alpha value is -1.84. The van der Waals surface area contributed by atoms with Gasteiger partial charge >= 0.3 is 5.97 Å². The van der Waals surface area contributed by atoms with Gasteiger partial charge in [0.2, 0.25) is 0 Å². The molecule has 0 aromatic carbocycles. The predicted molar refractivity (Wildman–Crippen MR) is 77.1 cm³/mol. The topological polar surface area (TPSA) is 43.6 Å². The van der Waals surface area contributed by atoms with Crippen LogP contribution in [0.5, 0.6) is 0 Å². The third kappa shape index (κ3) is 2.42. The fourth-order valence-corrected chi connectivity index (χ4v) is 2.46. The maximum atomic E-state index is 12.2. The first-order valence-corrected chi connectivity index (χ1v) is 7.36. The van der Waals surface area contributed by atoms with Crippen LogP contribution in [0.2, 0.25) is 0 Å². The van der Waals surface area contributed by atoms with Crippen molar-refractivity contribution in [1.82, 2.24) is 9.38 Å². The van der Waals surface area contributed by atoms with Gasteiger partial charge in [0.15, 0.2) is 5.69 Å². The van der Waals surface area contributed by atoms with Crippen molar-refractivity contribution in [2.24, 2.45) is 0 Å². The summed E-state index contributed by atoms with van der Waals surface area (Å²) in [6.07, 6.45) is 6.45. The first kappa shape index (κ1) is 13.2. The molecule has 1 aliphatic rings. The molecule has 106 valence electrons. The Labute approximate surface area is 118 Å². The van der Waals surface area contributed by atoms with E-state index in [-0.39, 0.29) is 5.97 Å². The number of fused-ring (bicyclic) bond motifs is 1. The zero-order valence-electron chi connectivity index (χ0n) is 12.1. The lowest BCUT2D eigenvalue weighted by Crippen LogP contribution is -2.11. The van der Waals surface area contributed by atoms with Gasteiger partial charge < -0.3 is 4.74 Å². The van der Waals surface area contributed by atoms with Crippen LogP contribution in [0.1, 0.15) is 60.3 Å². The molecule has 4 heteroatoms. The number of pyridine rings is 1. The molecule has 1 saturated carbocycles. The van der Waals surface area contributed by atoms with E-state index >= 15 is 0 Å². The van der Waals surface area contributed by atoms with Gasteiger partial charge in [-0.15, -0.1) is 0 Å². The lowest BCUT2D eigenvalue weighted by molar-refractivity contribution is 0.0490. The van der Waals surface area contributed by atoms with Gasteiger partial charge in [0.25, 0.3) is 0 Å². The molecule has 20 heavy (non-hydrogen) atoms. The van der Waals surface area contributed by atoms with Crippen molar-refractivity contribution >= 4 is 11.6 Å². The average Bonchev–Trinajstić information content (AvgIpc) is 3.21. The molecular weight excluding hydrogens is 252 g/mol. The lowest BCUT2D eigenvalue weighted by atomic mass is 10.2. The minimum Gasteiger partial charge on any atom is -0.461 e. The number of carbonyl (C=O) groups excluding carboxylic acids is 1. The summed E-state index contributed by atoms with van der Waals surface area (Å²) in [5, 5.41) is 0. The first-order valence-electron chi connectivity index (χ1n) is 7.36. The van der Waals surface area contributed by atoms with Crippen molar-refractivity contribution in [2.45, 2.75) is 45.4 Å². The molecule has 0 saturated heterocycles. The van der Waals surface area contributed by atoms with E-state index < -0.39 is 0 Å². The lowest BCUT2D eigenvalue weighted by Gasteiger charge is -2.06. The summed E-state index contributed by atoms with van der Waals surface area (Å²) in [4.78, 5) is 16.7. The van der Waals surface area contributed by atoms with Gasteiger partial charge in [0.1, 0.15) is 5.65 Å². The van der Waals surface area contributed by atoms with Crippen LogP contribution in [0.25, 0.3) is 5.65 Å². The Morgan fingerprint density at radius 3 is 2.95 bits per heavy atom. The Morgan fingerprint density at radius 2 is 2.25 bits per heavy atom. The first-order chi connectivity index (χ1) is 9.70. The Balaban J connectivity index is 1.93. The number of hydrogen-bond acceptors (Lipinski definition) is 3. The smallest absolute Gasteiger partial charge is 0.357 e. The van der Waals surface area contributed by atoms with Gasteiger partial charge in [0.05, 0.1) is 12.3 Å². The average molecular weight is 272 g/mol. The second kappa shape index (κ2) is 5.27. The van der Waals surface area contributed by atoms with Crippen molar-refractivity contribution < 1.29 is 9.53 Å². The molecule has 0 spiro atoms. The highest BCUT2D eigenvalue weighted by atomic mass is 16.5. The quantitative estimate of drug-likeness (QED) is 0.618. The van der Waals surface area contributed by atoms with Gasteiger partial charge in [-0.05, 0) is 43.7 Å². The summed E-state index contributed by atoms with van der Waals surface area (Å²) in [6, 6.07) is 4.11.